The summed E-state index contributed by atoms with van der Waals surface area (Å²) >= 11 is 6.43. The molecule has 0 aromatic heterocycles. The van der Waals surface area contributed by atoms with E-state index in [1.807, 2.05) is 13.8 Å². The van der Waals surface area contributed by atoms with Crippen LogP contribution in [-0.2, 0) is 10.0 Å². The summed E-state index contributed by atoms with van der Waals surface area (Å²) in [4.78, 5) is 11.1. The van der Waals surface area contributed by atoms with Gasteiger partial charge >= 0.3 is 0 Å². The first-order chi connectivity index (χ1) is 14.7. The largest absolute Gasteiger partial charge is 0.378 e. The lowest BCUT2D eigenvalue weighted by Gasteiger charge is -2.38. The van der Waals surface area contributed by atoms with Crippen LogP contribution in [0.5, 0.6) is 0 Å². The lowest BCUT2D eigenvalue weighted by atomic mass is 9.77. The second-order valence-electron chi connectivity index (χ2n) is 8.12. The van der Waals surface area contributed by atoms with E-state index in [1.54, 1.807) is 24.3 Å². The number of nitrogens with zero attached hydrogens (tertiary/aromatic N) is 1. The topological polar surface area (TPSA) is 101 Å². The van der Waals surface area contributed by atoms with Crippen LogP contribution >= 0.6 is 11.6 Å². The standard InChI is InChI=1S/C22H24ClN3O4S/c1-3-13(2)25-31(29,30)15-8-10-21-18(12-15)16-5-4-6-17(16)22(24-21)19-11-14(26(27)28)7-9-20(19)23/h4-5,7-13,16-17,22,24-25H,3,6H2,1-2H3. The highest BCUT2D eigenvalue weighted by atomic mass is 35.5. The molecule has 1 aliphatic carbocycles. The third-order valence-electron chi connectivity index (χ3n) is 6.14. The van der Waals surface area contributed by atoms with Crippen LogP contribution in [0, 0.1) is 16.0 Å². The number of nitro benzene ring substituents is 1. The minimum Gasteiger partial charge on any atom is -0.378 e. The van der Waals surface area contributed by atoms with Gasteiger partial charge in [0.1, 0.15) is 0 Å². The Morgan fingerprint density at radius 2 is 2.03 bits per heavy atom. The lowest BCUT2D eigenvalue weighted by Crippen LogP contribution is -2.33. The van der Waals surface area contributed by atoms with Crippen molar-refractivity contribution in [1.82, 2.24) is 4.72 Å². The molecular formula is C22H24ClN3O4S. The summed E-state index contributed by atoms with van der Waals surface area (Å²) in [5.41, 5.74) is 2.38. The molecule has 2 aliphatic rings. The Morgan fingerprint density at radius 1 is 1.26 bits per heavy atom. The number of nitrogens with one attached hydrogen (secondary N) is 2. The highest BCUT2D eigenvalue weighted by Crippen LogP contribution is 2.51. The number of sulfonamides is 1. The predicted octanol–water partition coefficient (Wildman–Crippen LogP) is 5.15. The first kappa shape index (κ1) is 21.8. The van der Waals surface area contributed by atoms with Gasteiger partial charge in [-0.3, -0.25) is 10.1 Å². The zero-order valence-corrected chi connectivity index (χ0v) is 18.8. The number of anilines is 1. The molecule has 2 N–H and O–H groups in total. The van der Waals surface area contributed by atoms with Gasteiger partial charge in [-0.1, -0.05) is 30.7 Å². The number of non-ortho nitro benzene ring substituents is 1. The quantitative estimate of drug-likeness (QED) is 0.352. The molecule has 0 bridgehead atoms. The van der Waals surface area contributed by atoms with Gasteiger partial charge in [-0.2, -0.15) is 0 Å². The molecule has 0 saturated heterocycles. The molecule has 0 fully saturated rings. The summed E-state index contributed by atoms with van der Waals surface area (Å²) in [6.45, 7) is 3.76. The van der Waals surface area contributed by atoms with E-state index in [-0.39, 0.29) is 34.5 Å². The Balaban J connectivity index is 1.74. The van der Waals surface area contributed by atoms with Crippen LogP contribution in [0.25, 0.3) is 0 Å². The minimum atomic E-state index is -3.62. The van der Waals surface area contributed by atoms with E-state index in [0.717, 1.165) is 17.7 Å². The molecule has 2 aromatic carbocycles. The summed E-state index contributed by atoms with van der Waals surface area (Å²) in [7, 11) is -3.62. The van der Waals surface area contributed by atoms with Gasteiger partial charge in [-0.25, -0.2) is 13.1 Å². The number of rotatable bonds is 6. The van der Waals surface area contributed by atoms with Crippen LogP contribution in [0.15, 0.2) is 53.4 Å². The summed E-state index contributed by atoms with van der Waals surface area (Å²) in [5, 5.41) is 15.2. The van der Waals surface area contributed by atoms with E-state index in [2.05, 4.69) is 22.2 Å². The van der Waals surface area contributed by atoms with Crippen molar-refractivity contribution in [1.29, 1.82) is 0 Å². The van der Waals surface area contributed by atoms with Crippen molar-refractivity contribution in [2.75, 3.05) is 5.32 Å². The maximum atomic E-state index is 12.8. The fourth-order valence-electron chi connectivity index (χ4n) is 4.35. The maximum absolute atomic E-state index is 12.8. The van der Waals surface area contributed by atoms with E-state index in [0.29, 0.717) is 17.0 Å². The Hall–Kier alpha value is -2.42. The number of nitro groups is 1. The third-order valence-corrected chi connectivity index (χ3v) is 8.07. The Labute approximate surface area is 186 Å². The van der Waals surface area contributed by atoms with Crippen molar-refractivity contribution in [2.24, 2.45) is 5.92 Å². The van der Waals surface area contributed by atoms with Gasteiger partial charge in [0.2, 0.25) is 10.0 Å². The molecule has 0 radical (unpaired) electrons. The maximum Gasteiger partial charge on any atom is 0.269 e. The normalized spacial score (nSPS) is 23.0. The van der Waals surface area contributed by atoms with Crippen LogP contribution in [0.3, 0.4) is 0 Å². The molecule has 0 amide bonds. The molecule has 0 saturated carbocycles. The molecule has 9 heteroatoms. The molecule has 164 valence electrons. The summed E-state index contributed by atoms with van der Waals surface area (Å²) in [6.07, 6.45) is 5.62. The number of hydrogen-bond donors (Lipinski definition) is 2. The van der Waals surface area contributed by atoms with Gasteiger partial charge < -0.3 is 5.32 Å². The molecule has 4 rings (SSSR count). The SMILES string of the molecule is CCC(C)NS(=O)(=O)c1ccc2c(c1)C1C=CCC1C(c1cc([N+](=O)[O-])ccc1Cl)N2. The number of hydrogen-bond acceptors (Lipinski definition) is 5. The van der Waals surface area contributed by atoms with Crippen LogP contribution < -0.4 is 10.0 Å². The van der Waals surface area contributed by atoms with Gasteiger partial charge in [0.05, 0.1) is 15.9 Å². The molecule has 31 heavy (non-hydrogen) atoms. The summed E-state index contributed by atoms with van der Waals surface area (Å²) in [6, 6.07) is 9.18. The second-order valence-corrected chi connectivity index (χ2v) is 10.2. The number of fused-ring (bicyclic) bond motifs is 3. The smallest absolute Gasteiger partial charge is 0.269 e. The first-order valence-corrected chi connectivity index (χ1v) is 12.1. The Kier molecular flexibility index (Phi) is 5.81. The van der Waals surface area contributed by atoms with Crippen molar-refractivity contribution in [2.45, 2.75) is 49.6 Å². The van der Waals surface area contributed by atoms with E-state index in [9.17, 15) is 18.5 Å². The number of benzene rings is 2. The Morgan fingerprint density at radius 3 is 2.74 bits per heavy atom. The van der Waals surface area contributed by atoms with Gasteiger partial charge in [0, 0.05) is 40.4 Å². The zero-order chi connectivity index (χ0) is 22.3. The summed E-state index contributed by atoms with van der Waals surface area (Å²) < 4.78 is 28.3. The zero-order valence-electron chi connectivity index (χ0n) is 17.2. The highest BCUT2D eigenvalue weighted by molar-refractivity contribution is 7.89. The van der Waals surface area contributed by atoms with Crippen LogP contribution in [-0.4, -0.2) is 19.4 Å². The monoisotopic (exact) mass is 461 g/mol. The van der Waals surface area contributed by atoms with Crippen LogP contribution in [0.1, 0.15) is 49.8 Å². The molecule has 0 spiro atoms. The van der Waals surface area contributed by atoms with Crippen LogP contribution in [0.4, 0.5) is 11.4 Å². The molecule has 1 heterocycles. The Bertz CT molecular complexity index is 1170. The van der Waals surface area contributed by atoms with Gasteiger partial charge in [0.25, 0.3) is 5.69 Å². The van der Waals surface area contributed by atoms with Crippen molar-refractivity contribution >= 4 is 33.0 Å². The highest BCUT2D eigenvalue weighted by Gasteiger charge is 2.39. The average Bonchev–Trinajstić information content (AvgIpc) is 3.23. The predicted molar refractivity (Wildman–Crippen MR) is 121 cm³/mol. The van der Waals surface area contributed by atoms with Crippen molar-refractivity contribution in [3.8, 4) is 0 Å². The number of halogens is 1. The molecular weight excluding hydrogens is 438 g/mol. The first-order valence-electron chi connectivity index (χ1n) is 10.2. The van der Waals surface area contributed by atoms with Crippen LogP contribution in [0.2, 0.25) is 5.02 Å². The average molecular weight is 462 g/mol. The fraction of sp³-hybridized carbons (Fsp3) is 0.364. The molecule has 1 aliphatic heterocycles. The third kappa shape index (κ3) is 4.07. The molecule has 7 nitrogen and oxygen atoms in total. The molecule has 4 unspecified atom stereocenters. The lowest BCUT2D eigenvalue weighted by molar-refractivity contribution is -0.384. The van der Waals surface area contributed by atoms with Crippen molar-refractivity contribution in [3.63, 3.8) is 0 Å². The molecule has 4 atom stereocenters. The molecule has 2 aromatic rings. The van der Waals surface area contributed by atoms with Gasteiger partial charge in [0.15, 0.2) is 0 Å². The van der Waals surface area contributed by atoms with Crippen molar-refractivity contribution in [3.05, 3.63) is 74.8 Å². The van der Waals surface area contributed by atoms with E-state index >= 15 is 0 Å². The fourth-order valence-corrected chi connectivity index (χ4v) is 5.94. The van der Waals surface area contributed by atoms with Gasteiger partial charge in [-0.15, -0.1) is 0 Å². The van der Waals surface area contributed by atoms with Gasteiger partial charge in [-0.05, 0) is 55.5 Å². The summed E-state index contributed by atoms with van der Waals surface area (Å²) in [5.74, 6) is 0.0720. The number of allylic oxidation sites excluding steroid dienone is 2. The van der Waals surface area contributed by atoms with E-state index < -0.39 is 14.9 Å². The van der Waals surface area contributed by atoms with E-state index in [4.69, 9.17) is 11.6 Å². The van der Waals surface area contributed by atoms with Crippen molar-refractivity contribution < 1.29 is 13.3 Å². The van der Waals surface area contributed by atoms with E-state index in [1.165, 1.54) is 12.1 Å². The minimum absolute atomic E-state index is 0.00433. The second kappa shape index (κ2) is 8.26.